The minimum atomic E-state index is -0.836. The summed E-state index contributed by atoms with van der Waals surface area (Å²) in [4.78, 5) is 37.7. The lowest BCUT2D eigenvalue weighted by Gasteiger charge is -2.18. The molecule has 0 spiro atoms. The third-order valence-corrected chi connectivity index (χ3v) is 8.98. The first-order valence-electron chi connectivity index (χ1n) is 23.2. The molecule has 0 amide bonds. The first-order valence-corrected chi connectivity index (χ1v) is 23.2. The molecule has 1 unspecified atom stereocenters. The first-order chi connectivity index (χ1) is 29.5. The molecule has 0 radical (unpaired) electrons. The Morgan fingerprint density at radius 1 is 0.367 bits per heavy atom. The summed E-state index contributed by atoms with van der Waals surface area (Å²) < 4.78 is 16.6. The molecule has 0 heterocycles. The zero-order chi connectivity index (χ0) is 43.7. The fourth-order valence-corrected chi connectivity index (χ4v) is 5.51. The van der Waals surface area contributed by atoms with Crippen molar-refractivity contribution in [2.45, 2.75) is 175 Å². The number of allylic oxidation sites excluding steroid dienone is 22. The fraction of sp³-hybridized carbons (Fsp3) is 0.537. The number of esters is 3. The van der Waals surface area contributed by atoms with Crippen LogP contribution in [0.2, 0.25) is 0 Å². The minimum absolute atomic E-state index is 0.129. The molecule has 0 aliphatic rings. The molecule has 334 valence electrons. The van der Waals surface area contributed by atoms with Crippen LogP contribution in [0.15, 0.2) is 134 Å². The van der Waals surface area contributed by atoms with Crippen molar-refractivity contribution < 1.29 is 28.6 Å². The molecule has 0 fully saturated rings. The Kier molecular flexibility index (Phi) is 43.7. The summed E-state index contributed by atoms with van der Waals surface area (Å²) >= 11 is 0. The Morgan fingerprint density at radius 2 is 0.767 bits per heavy atom. The van der Waals surface area contributed by atoms with E-state index in [0.29, 0.717) is 19.3 Å². The van der Waals surface area contributed by atoms with Crippen LogP contribution < -0.4 is 0 Å². The monoisotopic (exact) mass is 827 g/mol. The van der Waals surface area contributed by atoms with Gasteiger partial charge < -0.3 is 14.2 Å². The van der Waals surface area contributed by atoms with Crippen molar-refractivity contribution in [1.82, 2.24) is 0 Å². The molecule has 0 aromatic rings. The van der Waals surface area contributed by atoms with Crippen LogP contribution in [0.4, 0.5) is 0 Å². The van der Waals surface area contributed by atoms with Crippen molar-refractivity contribution in [3.8, 4) is 0 Å². The summed E-state index contributed by atoms with van der Waals surface area (Å²) in [5.41, 5.74) is 0. The smallest absolute Gasteiger partial charge is 0.306 e. The van der Waals surface area contributed by atoms with Gasteiger partial charge in [-0.15, -0.1) is 0 Å². The van der Waals surface area contributed by atoms with Crippen molar-refractivity contribution in [3.63, 3.8) is 0 Å². The van der Waals surface area contributed by atoms with Crippen molar-refractivity contribution in [2.24, 2.45) is 0 Å². The lowest BCUT2D eigenvalue weighted by Crippen LogP contribution is -2.30. The molecule has 6 heteroatoms. The molecule has 0 aromatic heterocycles. The van der Waals surface area contributed by atoms with E-state index in [1.54, 1.807) is 0 Å². The molecule has 0 aromatic carbocycles. The Balaban J connectivity index is 4.58. The summed E-state index contributed by atoms with van der Waals surface area (Å²) in [6, 6.07) is 0. The number of carbonyl (C=O) groups is 3. The second-order valence-electron chi connectivity index (χ2n) is 14.6. The average Bonchev–Trinajstić information content (AvgIpc) is 3.24. The van der Waals surface area contributed by atoms with Crippen LogP contribution in [0.1, 0.15) is 168 Å². The molecule has 0 saturated heterocycles. The third kappa shape index (κ3) is 44.6. The van der Waals surface area contributed by atoms with Crippen LogP contribution in [0, 0.1) is 0 Å². The van der Waals surface area contributed by atoms with E-state index in [4.69, 9.17) is 14.2 Å². The van der Waals surface area contributed by atoms with Gasteiger partial charge in [0.2, 0.25) is 0 Å². The van der Waals surface area contributed by atoms with Crippen LogP contribution in [-0.4, -0.2) is 37.2 Å². The summed E-state index contributed by atoms with van der Waals surface area (Å²) in [7, 11) is 0. The largest absolute Gasteiger partial charge is 0.462 e. The van der Waals surface area contributed by atoms with E-state index in [9.17, 15) is 14.4 Å². The summed E-state index contributed by atoms with van der Waals surface area (Å²) in [5.74, 6) is -1.09. The number of ether oxygens (including phenoxy) is 3. The number of carbonyl (C=O) groups excluding carboxylic acids is 3. The quantitative estimate of drug-likeness (QED) is 0.0202. The number of unbranched alkanes of at least 4 members (excludes halogenated alkanes) is 9. The Morgan fingerprint density at radius 3 is 1.32 bits per heavy atom. The zero-order valence-electron chi connectivity index (χ0n) is 37.9. The fourth-order valence-electron chi connectivity index (χ4n) is 5.51. The van der Waals surface area contributed by atoms with Crippen LogP contribution in [0.5, 0.6) is 0 Å². The maximum absolute atomic E-state index is 12.7. The van der Waals surface area contributed by atoms with Crippen LogP contribution >= 0.6 is 0 Å². The van der Waals surface area contributed by atoms with Crippen molar-refractivity contribution in [1.29, 1.82) is 0 Å². The van der Waals surface area contributed by atoms with Crippen LogP contribution in [0.25, 0.3) is 0 Å². The molecule has 0 rings (SSSR count). The average molecular weight is 827 g/mol. The topological polar surface area (TPSA) is 78.9 Å². The molecule has 1 atom stereocenters. The number of rotatable bonds is 39. The summed E-state index contributed by atoms with van der Waals surface area (Å²) in [6.45, 7) is 6.18. The Hall–Kier alpha value is -4.45. The Labute approximate surface area is 366 Å². The molecule has 6 nitrogen and oxygen atoms in total. The summed E-state index contributed by atoms with van der Waals surface area (Å²) in [6.07, 6.45) is 65.9. The van der Waals surface area contributed by atoms with Crippen LogP contribution in [0.3, 0.4) is 0 Å². The normalized spacial score (nSPS) is 13.3. The second kappa shape index (κ2) is 47.2. The summed E-state index contributed by atoms with van der Waals surface area (Å²) in [5, 5.41) is 0. The van der Waals surface area contributed by atoms with E-state index in [0.717, 1.165) is 103 Å². The van der Waals surface area contributed by atoms with E-state index in [1.807, 2.05) is 48.6 Å². The molecule has 0 saturated carbocycles. The molecule has 0 bridgehead atoms. The van der Waals surface area contributed by atoms with E-state index in [-0.39, 0.29) is 44.0 Å². The lowest BCUT2D eigenvalue weighted by atomic mass is 10.1. The van der Waals surface area contributed by atoms with Gasteiger partial charge in [0.05, 0.1) is 0 Å². The predicted molar refractivity (Wildman–Crippen MR) is 256 cm³/mol. The zero-order valence-corrected chi connectivity index (χ0v) is 37.9. The van der Waals surface area contributed by atoms with Gasteiger partial charge in [-0.05, 0) is 96.3 Å². The minimum Gasteiger partial charge on any atom is -0.462 e. The van der Waals surface area contributed by atoms with Gasteiger partial charge >= 0.3 is 17.9 Å². The van der Waals surface area contributed by atoms with Gasteiger partial charge in [-0.1, -0.05) is 187 Å². The highest BCUT2D eigenvalue weighted by Gasteiger charge is 2.19. The highest BCUT2D eigenvalue weighted by molar-refractivity contribution is 5.71. The maximum atomic E-state index is 12.7. The highest BCUT2D eigenvalue weighted by atomic mass is 16.6. The van der Waals surface area contributed by atoms with Gasteiger partial charge in [-0.2, -0.15) is 0 Å². The SMILES string of the molecule is CC\C=C/C=C\C=C/C=C\CCCCCC(=O)OC(COC(=O)CC/C=C\C/C=C\C/C=C\C/C=C\C/C=C\C/C=C\CC)COC(=O)CCCCCC/C=C\CCCC. The molecule has 0 N–H and O–H groups in total. The van der Waals surface area contributed by atoms with Gasteiger partial charge in [0.25, 0.3) is 0 Å². The molecular weight excluding hydrogens is 745 g/mol. The van der Waals surface area contributed by atoms with Gasteiger partial charge in [0, 0.05) is 19.3 Å². The predicted octanol–water partition coefficient (Wildman–Crippen LogP) is 15.1. The van der Waals surface area contributed by atoms with Crippen molar-refractivity contribution in [3.05, 3.63) is 134 Å². The van der Waals surface area contributed by atoms with E-state index < -0.39 is 6.10 Å². The van der Waals surface area contributed by atoms with Crippen molar-refractivity contribution >= 4 is 17.9 Å². The second-order valence-corrected chi connectivity index (χ2v) is 14.6. The molecule has 60 heavy (non-hydrogen) atoms. The first kappa shape index (κ1) is 55.6. The third-order valence-electron chi connectivity index (χ3n) is 8.98. The number of hydrogen-bond donors (Lipinski definition) is 0. The number of hydrogen-bond acceptors (Lipinski definition) is 6. The van der Waals surface area contributed by atoms with Gasteiger partial charge in [0.15, 0.2) is 6.10 Å². The van der Waals surface area contributed by atoms with Gasteiger partial charge in [-0.3, -0.25) is 14.4 Å². The lowest BCUT2D eigenvalue weighted by molar-refractivity contribution is -0.166. The van der Waals surface area contributed by atoms with E-state index in [1.165, 1.54) is 12.8 Å². The van der Waals surface area contributed by atoms with E-state index in [2.05, 4.69) is 106 Å². The van der Waals surface area contributed by atoms with Crippen molar-refractivity contribution in [2.75, 3.05) is 13.2 Å². The molecular formula is C54H82O6. The maximum Gasteiger partial charge on any atom is 0.306 e. The molecule has 0 aliphatic heterocycles. The standard InChI is InChI=1S/C54H82O6/c1-4-7-10-13-16-19-22-24-25-26-27-28-29-31-32-35-38-41-44-47-53(56)59-50-51(49-58-52(55)46-43-40-37-34-21-18-15-12-9-6-3)60-54(57)48-45-42-39-36-33-30-23-20-17-14-11-8-5-2/h7-8,10-11,14-20,23-25,27-28,30-33,38,41,51H,4-6,9,12-13,21-22,26,29,34-37,39-40,42-50H2,1-3H3/b10-7-,11-8-,17-14-,18-15-,19-16-,23-20-,25-24-,28-27-,32-31-,33-30-,41-38-. The molecule has 0 aliphatic carbocycles. The Bertz CT molecular complexity index is 1370. The highest BCUT2D eigenvalue weighted by Crippen LogP contribution is 2.10. The van der Waals surface area contributed by atoms with E-state index >= 15 is 0 Å². The van der Waals surface area contributed by atoms with Gasteiger partial charge in [0.1, 0.15) is 13.2 Å². The van der Waals surface area contributed by atoms with Gasteiger partial charge in [-0.25, -0.2) is 0 Å². The van der Waals surface area contributed by atoms with Crippen LogP contribution in [-0.2, 0) is 28.6 Å².